The lowest BCUT2D eigenvalue weighted by Crippen LogP contribution is -2.64. The number of benzene rings is 2. The molecule has 3 amide bonds. The summed E-state index contributed by atoms with van der Waals surface area (Å²) in [6, 6.07) is 11.8. The van der Waals surface area contributed by atoms with Gasteiger partial charge < -0.3 is 10.4 Å². The Morgan fingerprint density at radius 2 is 1.63 bits per heavy atom. The number of amides is 3. The topological polar surface area (TPSA) is 86.7 Å². The van der Waals surface area contributed by atoms with E-state index in [4.69, 9.17) is 11.6 Å². The first-order valence-corrected chi connectivity index (χ1v) is 8.87. The van der Waals surface area contributed by atoms with Crippen LogP contribution in [0.2, 0.25) is 5.02 Å². The lowest BCUT2D eigenvalue weighted by atomic mass is 9.89. The van der Waals surface area contributed by atoms with Crippen molar-refractivity contribution in [2.24, 2.45) is 0 Å². The molecular weight excluding hydrogens is 425 g/mol. The van der Waals surface area contributed by atoms with Gasteiger partial charge in [0, 0.05) is 10.6 Å². The Labute approximate surface area is 173 Å². The number of aliphatic hydroxyl groups is 1. The first-order valence-electron chi connectivity index (χ1n) is 8.49. The van der Waals surface area contributed by atoms with Gasteiger partial charge in [-0.25, -0.2) is 4.90 Å². The number of allylic oxidation sites excluding steroid dienone is 1. The second-order valence-corrected chi connectivity index (χ2v) is 6.89. The summed E-state index contributed by atoms with van der Waals surface area (Å²) in [7, 11) is 0. The third kappa shape index (κ3) is 3.30. The van der Waals surface area contributed by atoms with E-state index >= 15 is 0 Å². The molecule has 0 saturated carbocycles. The van der Waals surface area contributed by atoms with E-state index < -0.39 is 40.8 Å². The highest BCUT2D eigenvalue weighted by Gasteiger charge is 2.72. The monoisotopic (exact) mass is 438 g/mol. The highest BCUT2D eigenvalue weighted by molar-refractivity contribution is 6.34. The fourth-order valence-corrected chi connectivity index (χ4v) is 3.30. The van der Waals surface area contributed by atoms with Gasteiger partial charge in [0.05, 0.1) is 11.3 Å². The maximum Gasteiger partial charge on any atom is 0.425 e. The van der Waals surface area contributed by atoms with Crippen molar-refractivity contribution in [2.45, 2.75) is 18.6 Å². The first-order chi connectivity index (χ1) is 14.0. The van der Waals surface area contributed by atoms with Gasteiger partial charge in [0.15, 0.2) is 0 Å². The summed E-state index contributed by atoms with van der Waals surface area (Å²) < 4.78 is 42.9. The highest BCUT2D eigenvalue weighted by Crippen LogP contribution is 2.45. The Morgan fingerprint density at radius 1 is 1.07 bits per heavy atom. The number of rotatable bonds is 3. The van der Waals surface area contributed by atoms with Gasteiger partial charge in [-0.05, 0) is 43.3 Å². The van der Waals surface area contributed by atoms with Crippen molar-refractivity contribution in [1.29, 1.82) is 0 Å². The molecular formula is C20H14ClF3N2O4. The predicted molar refractivity (Wildman–Crippen MR) is 102 cm³/mol. The summed E-state index contributed by atoms with van der Waals surface area (Å²) >= 11 is 5.76. The molecule has 1 fully saturated rings. The minimum absolute atomic E-state index is 0.166. The number of nitrogens with zero attached hydrogens (tertiary/aromatic N) is 1. The van der Waals surface area contributed by atoms with E-state index in [-0.39, 0.29) is 21.2 Å². The van der Waals surface area contributed by atoms with E-state index in [1.807, 2.05) is 0 Å². The van der Waals surface area contributed by atoms with Gasteiger partial charge in [0.25, 0.3) is 23.3 Å². The molecule has 2 N–H and O–H groups in total. The molecule has 2 aromatic rings. The summed E-state index contributed by atoms with van der Waals surface area (Å²) in [6.07, 6.45) is -5.44. The van der Waals surface area contributed by atoms with Crippen LogP contribution in [0.4, 0.5) is 18.9 Å². The molecule has 1 aliphatic heterocycles. The van der Waals surface area contributed by atoms with Gasteiger partial charge in [-0.1, -0.05) is 29.8 Å². The number of hydrogen-bond acceptors (Lipinski definition) is 4. The van der Waals surface area contributed by atoms with Crippen molar-refractivity contribution in [1.82, 2.24) is 5.32 Å². The molecule has 0 aliphatic carbocycles. The molecule has 1 heterocycles. The summed E-state index contributed by atoms with van der Waals surface area (Å²) in [6.45, 7) is 0.834. The zero-order valence-electron chi connectivity index (χ0n) is 15.3. The summed E-state index contributed by atoms with van der Waals surface area (Å²) in [5, 5.41) is 11.8. The zero-order valence-corrected chi connectivity index (χ0v) is 16.1. The van der Waals surface area contributed by atoms with Gasteiger partial charge in [-0.3, -0.25) is 14.4 Å². The van der Waals surface area contributed by atoms with Crippen LogP contribution in [-0.2, 0) is 9.59 Å². The summed E-state index contributed by atoms with van der Waals surface area (Å²) in [4.78, 5) is 38.7. The van der Waals surface area contributed by atoms with E-state index in [1.165, 1.54) is 48.5 Å². The van der Waals surface area contributed by atoms with Crippen LogP contribution in [-0.4, -0.2) is 34.5 Å². The van der Waals surface area contributed by atoms with Crippen molar-refractivity contribution in [3.63, 3.8) is 0 Å². The predicted octanol–water partition coefficient (Wildman–Crippen LogP) is 3.78. The maximum absolute atomic E-state index is 14.3. The largest absolute Gasteiger partial charge is 0.512 e. The molecule has 2 aromatic carbocycles. The minimum Gasteiger partial charge on any atom is -0.512 e. The number of halogens is 4. The van der Waals surface area contributed by atoms with Gasteiger partial charge in [0.2, 0.25) is 0 Å². The third-order valence-electron chi connectivity index (χ3n) is 4.52. The van der Waals surface area contributed by atoms with Crippen LogP contribution in [0.5, 0.6) is 0 Å². The molecule has 3 rings (SSSR count). The van der Waals surface area contributed by atoms with Crippen molar-refractivity contribution in [2.75, 3.05) is 4.90 Å². The first kappa shape index (κ1) is 21.4. The SMILES string of the molecule is C/C(O)=C1/C(=O)N(c2ccc(Cl)cc2)C(=O)C1(NC(=O)c1ccccc1)C(F)(F)F. The van der Waals surface area contributed by atoms with Crippen molar-refractivity contribution < 1.29 is 32.7 Å². The number of imide groups is 1. The Bertz CT molecular complexity index is 1050. The van der Waals surface area contributed by atoms with E-state index in [0.29, 0.717) is 0 Å². The number of alkyl halides is 3. The molecule has 156 valence electrons. The van der Waals surface area contributed by atoms with Crippen LogP contribution in [0.1, 0.15) is 17.3 Å². The molecule has 0 spiro atoms. The molecule has 10 heteroatoms. The third-order valence-corrected chi connectivity index (χ3v) is 4.78. The highest BCUT2D eigenvalue weighted by atomic mass is 35.5. The number of aliphatic hydroxyl groups excluding tert-OH is 1. The number of carbonyl (C=O) groups is 3. The quantitative estimate of drug-likeness (QED) is 0.434. The minimum atomic E-state index is -5.44. The van der Waals surface area contributed by atoms with Crippen LogP contribution in [0.15, 0.2) is 65.9 Å². The lowest BCUT2D eigenvalue weighted by molar-refractivity contribution is -0.184. The van der Waals surface area contributed by atoms with E-state index in [0.717, 1.165) is 6.92 Å². The Kier molecular flexibility index (Phi) is 5.34. The Balaban J connectivity index is 2.20. The molecule has 6 nitrogen and oxygen atoms in total. The van der Waals surface area contributed by atoms with E-state index in [1.54, 1.807) is 11.4 Å². The molecule has 1 aliphatic rings. The van der Waals surface area contributed by atoms with Crippen LogP contribution in [0.25, 0.3) is 0 Å². The standard InChI is InChI=1S/C20H14ClF3N2O4/c1-11(27)15-17(29)26(14-9-7-13(21)8-10-14)18(30)19(15,20(22,23)24)25-16(28)12-5-3-2-4-6-12/h2-10,27H,1H3,(H,25,28)/b15-11+. The molecule has 1 saturated heterocycles. The van der Waals surface area contributed by atoms with E-state index in [2.05, 4.69) is 0 Å². The van der Waals surface area contributed by atoms with Gasteiger partial charge in [-0.15, -0.1) is 0 Å². The van der Waals surface area contributed by atoms with Crippen molar-refractivity contribution in [3.05, 3.63) is 76.5 Å². The molecule has 0 bridgehead atoms. The lowest BCUT2D eigenvalue weighted by Gasteiger charge is -2.31. The smallest absolute Gasteiger partial charge is 0.425 e. The summed E-state index contributed by atoms with van der Waals surface area (Å²) in [5.41, 5.74) is -5.41. The number of anilines is 1. The van der Waals surface area contributed by atoms with Crippen LogP contribution < -0.4 is 10.2 Å². The van der Waals surface area contributed by atoms with Crippen LogP contribution >= 0.6 is 11.6 Å². The van der Waals surface area contributed by atoms with E-state index in [9.17, 15) is 32.7 Å². The summed E-state index contributed by atoms with van der Waals surface area (Å²) in [5.74, 6) is -5.47. The van der Waals surface area contributed by atoms with Crippen molar-refractivity contribution in [3.8, 4) is 0 Å². The van der Waals surface area contributed by atoms with Crippen molar-refractivity contribution >= 4 is 35.0 Å². The number of carbonyl (C=O) groups excluding carboxylic acids is 3. The molecule has 1 unspecified atom stereocenters. The van der Waals surface area contributed by atoms with Gasteiger partial charge in [-0.2, -0.15) is 13.2 Å². The second-order valence-electron chi connectivity index (χ2n) is 6.45. The van der Waals surface area contributed by atoms with Crippen LogP contribution in [0.3, 0.4) is 0 Å². The average Bonchev–Trinajstić information content (AvgIpc) is 2.90. The molecule has 30 heavy (non-hydrogen) atoms. The second kappa shape index (κ2) is 7.49. The normalized spacial score (nSPS) is 21.0. The molecule has 1 atom stereocenters. The molecule has 0 radical (unpaired) electrons. The van der Waals surface area contributed by atoms with Crippen LogP contribution in [0, 0.1) is 0 Å². The van der Waals surface area contributed by atoms with Gasteiger partial charge in [0.1, 0.15) is 5.76 Å². The average molecular weight is 439 g/mol. The number of nitrogens with one attached hydrogen (secondary N) is 1. The maximum atomic E-state index is 14.3. The van der Waals surface area contributed by atoms with Gasteiger partial charge >= 0.3 is 6.18 Å². The fourth-order valence-electron chi connectivity index (χ4n) is 3.17. The molecule has 0 aromatic heterocycles. The fraction of sp³-hybridized carbons (Fsp3) is 0.150. The Hall–Kier alpha value is -3.33. The Morgan fingerprint density at radius 3 is 2.13 bits per heavy atom. The zero-order chi connectivity index (χ0) is 22.3. The number of hydrogen-bond donors (Lipinski definition) is 2.